The van der Waals surface area contributed by atoms with Crippen molar-refractivity contribution in [1.82, 2.24) is 5.32 Å². The van der Waals surface area contributed by atoms with E-state index in [1.54, 1.807) is 7.11 Å². The van der Waals surface area contributed by atoms with E-state index >= 15 is 0 Å². The van der Waals surface area contributed by atoms with E-state index in [4.69, 9.17) is 9.47 Å². The summed E-state index contributed by atoms with van der Waals surface area (Å²) in [6, 6.07) is 8.22. The molecule has 0 saturated carbocycles. The van der Waals surface area contributed by atoms with Crippen LogP contribution in [-0.4, -0.2) is 25.9 Å². The van der Waals surface area contributed by atoms with Gasteiger partial charge in [-0.15, -0.1) is 0 Å². The number of rotatable bonds is 4. The number of nitrogens with one attached hydrogen (secondary N) is 1. The van der Waals surface area contributed by atoms with Crippen LogP contribution in [0.3, 0.4) is 0 Å². The Morgan fingerprint density at radius 2 is 1.88 bits per heavy atom. The van der Waals surface area contributed by atoms with E-state index in [2.05, 4.69) is 24.4 Å². The molecule has 1 aliphatic heterocycles. The second-order valence-electron chi connectivity index (χ2n) is 4.87. The third-order valence-electron chi connectivity index (χ3n) is 3.47. The minimum atomic E-state index is 0.220. The third-order valence-corrected chi connectivity index (χ3v) is 3.47. The first-order valence-electron chi connectivity index (χ1n) is 6.18. The number of hydrogen-bond acceptors (Lipinski definition) is 3. The number of benzene rings is 1. The lowest BCUT2D eigenvalue weighted by molar-refractivity contribution is 0.0446. The maximum absolute atomic E-state index is 5.39. The summed E-state index contributed by atoms with van der Waals surface area (Å²) in [6.07, 6.45) is 2.17. The largest absolute Gasteiger partial charge is 0.497 e. The molecule has 1 heterocycles. The van der Waals surface area contributed by atoms with Crippen molar-refractivity contribution in [2.75, 3.05) is 20.3 Å². The van der Waals surface area contributed by atoms with Gasteiger partial charge in [-0.2, -0.15) is 0 Å². The highest BCUT2D eigenvalue weighted by atomic mass is 16.5. The second kappa shape index (κ2) is 5.52. The van der Waals surface area contributed by atoms with Crippen molar-refractivity contribution < 1.29 is 9.47 Å². The predicted octanol–water partition coefficient (Wildman–Crippen LogP) is 2.35. The lowest BCUT2D eigenvalue weighted by Crippen LogP contribution is -2.46. The molecule has 1 aliphatic rings. The molecule has 1 aromatic carbocycles. The van der Waals surface area contributed by atoms with Gasteiger partial charge in [0.2, 0.25) is 0 Å². The molecule has 0 aromatic heterocycles. The molecule has 0 radical (unpaired) electrons. The molecule has 0 spiro atoms. The maximum atomic E-state index is 5.39. The summed E-state index contributed by atoms with van der Waals surface area (Å²) < 4.78 is 10.5. The van der Waals surface area contributed by atoms with Gasteiger partial charge in [0.1, 0.15) is 5.75 Å². The molecule has 17 heavy (non-hydrogen) atoms. The predicted molar refractivity (Wildman–Crippen MR) is 68.3 cm³/mol. The Hall–Kier alpha value is -1.06. The summed E-state index contributed by atoms with van der Waals surface area (Å²) in [5.41, 5.74) is 1.51. The normalized spacial score (nSPS) is 18.9. The first-order valence-corrected chi connectivity index (χ1v) is 6.18. The first kappa shape index (κ1) is 12.4. The van der Waals surface area contributed by atoms with Gasteiger partial charge in [-0.05, 0) is 37.5 Å². The Labute approximate surface area is 103 Å². The fourth-order valence-electron chi connectivity index (χ4n) is 2.06. The zero-order chi connectivity index (χ0) is 12.1. The Morgan fingerprint density at radius 3 is 2.47 bits per heavy atom. The molecular weight excluding hydrogens is 214 g/mol. The molecule has 0 amide bonds. The second-order valence-corrected chi connectivity index (χ2v) is 4.87. The van der Waals surface area contributed by atoms with Gasteiger partial charge >= 0.3 is 0 Å². The van der Waals surface area contributed by atoms with E-state index in [1.165, 1.54) is 5.56 Å². The summed E-state index contributed by atoms with van der Waals surface area (Å²) in [4.78, 5) is 0. The molecule has 1 saturated heterocycles. The first-order chi connectivity index (χ1) is 8.22. The van der Waals surface area contributed by atoms with Crippen LogP contribution in [0.15, 0.2) is 24.3 Å². The fraction of sp³-hybridized carbons (Fsp3) is 0.571. The average Bonchev–Trinajstić information content (AvgIpc) is 2.38. The van der Waals surface area contributed by atoms with Crippen molar-refractivity contribution in [2.24, 2.45) is 0 Å². The summed E-state index contributed by atoms with van der Waals surface area (Å²) in [6.45, 7) is 4.91. The van der Waals surface area contributed by atoms with Gasteiger partial charge in [0.15, 0.2) is 0 Å². The quantitative estimate of drug-likeness (QED) is 0.869. The SMILES string of the molecule is COc1ccc(CNC2(C)CCOCC2)cc1. The molecule has 1 fully saturated rings. The topological polar surface area (TPSA) is 30.5 Å². The highest BCUT2D eigenvalue weighted by molar-refractivity contribution is 5.27. The smallest absolute Gasteiger partial charge is 0.118 e. The van der Waals surface area contributed by atoms with Crippen LogP contribution in [0.4, 0.5) is 0 Å². The van der Waals surface area contributed by atoms with Crippen LogP contribution in [0.25, 0.3) is 0 Å². The van der Waals surface area contributed by atoms with Crippen molar-refractivity contribution in [2.45, 2.75) is 31.8 Å². The third kappa shape index (κ3) is 3.45. The van der Waals surface area contributed by atoms with Crippen molar-refractivity contribution >= 4 is 0 Å². The number of methoxy groups -OCH3 is 1. The Morgan fingerprint density at radius 1 is 1.24 bits per heavy atom. The van der Waals surface area contributed by atoms with E-state index in [9.17, 15) is 0 Å². The zero-order valence-electron chi connectivity index (χ0n) is 10.7. The van der Waals surface area contributed by atoms with E-state index in [0.29, 0.717) is 0 Å². The Kier molecular flexibility index (Phi) is 4.02. The molecule has 2 rings (SSSR count). The molecular formula is C14H21NO2. The van der Waals surface area contributed by atoms with Crippen LogP contribution in [0.1, 0.15) is 25.3 Å². The highest BCUT2D eigenvalue weighted by Gasteiger charge is 2.26. The van der Waals surface area contributed by atoms with Gasteiger partial charge in [0.25, 0.3) is 0 Å². The van der Waals surface area contributed by atoms with Crippen molar-refractivity contribution in [3.05, 3.63) is 29.8 Å². The van der Waals surface area contributed by atoms with Crippen LogP contribution in [0.2, 0.25) is 0 Å². The van der Waals surface area contributed by atoms with Crippen molar-refractivity contribution in [3.8, 4) is 5.75 Å². The van der Waals surface area contributed by atoms with Crippen LogP contribution in [-0.2, 0) is 11.3 Å². The van der Waals surface area contributed by atoms with Gasteiger partial charge in [0, 0.05) is 25.3 Å². The summed E-state index contributed by atoms with van der Waals surface area (Å²) in [5, 5.41) is 3.63. The molecule has 94 valence electrons. The van der Waals surface area contributed by atoms with Crippen LogP contribution < -0.4 is 10.1 Å². The fourth-order valence-corrected chi connectivity index (χ4v) is 2.06. The minimum Gasteiger partial charge on any atom is -0.497 e. The molecule has 0 atom stereocenters. The lowest BCUT2D eigenvalue weighted by Gasteiger charge is -2.34. The molecule has 3 nitrogen and oxygen atoms in total. The van der Waals surface area contributed by atoms with Crippen LogP contribution >= 0.6 is 0 Å². The van der Waals surface area contributed by atoms with Crippen molar-refractivity contribution in [1.29, 1.82) is 0 Å². The maximum Gasteiger partial charge on any atom is 0.118 e. The minimum absolute atomic E-state index is 0.220. The Balaban J connectivity index is 1.87. The summed E-state index contributed by atoms with van der Waals surface area (Å²) in [7, 11) is 1.69. The zero-order valence-corrected chi connectivity index (χ0v) is 10.7. The van der Waals surface area contributed by atoms with Gasteiger partial charge in [-0.3, -0.25) is 0 Å². The summed E-state index contributed by atoms with van der Waals surface area (Å²) >= 11 is 0. The van der Waals surface area contributed by atoms with Crippen molar-refractivity contribution in [3.63, 3.8) is 0 Å². The van der Waals surface area contributed by atoms with E-state index in [0.717, 1.165) is 38.3 Å². The molecule has 0 bridgehead atoms. The molecule has 1 aromatic rings. The molecule has 0 aliphatic carbocycles. The van der Waals surface area contributed by atoms with Gasteiger partial charge in [-0.1, -0.05) is 12.1 Å². The van der Waals surface area contributed by atoms with Gasteiger partial charge in [-0.25, -0.2) is 0 Å². The summed E-state index contributed by atoms with van der Waals surface area (Å²) in [5.74, 6) is 0.908. The lowest BCUT2D eigenvalue weighted by atomic mass is 9.92. The van der Waals surface area contributed by atoms with Gasteiger partial charge in [0.05, 0.1) is 7.11 Å². The van der Waals surface area contributed by atoms with Gasteiger partial charge < -0.3 is 14.8 Å². The number of ether oxygens (including phenoxy) is 2. The Bertz CT molecular complexity index is 342. The molecule has 1 N–H and O–H groups in total. The van der Waals surface area contributed by atoms with E-state index in [-0.39, 0.29) is 5.54 Å². The molecule has 3 heteroatoms. The van der Waals surface area contributed by atoms with Crippen LogP contribution in [0, 0.1) is 0 Å². The van der Waals surface area contributed by atoms with Crippen LogP contribution in [0.5, 0.6) is 5.75 Å². The monoisotopic (exact) mass is 235 g/mol. The molecule has 0 unspecified atom stereocenters. The standard InChI is InChI=1S/C14H21NO2/c1-14(7-9-17-10-8-14)15-11-12-3-5-13(16-2)6-4-12/h3-6,15H,7-11H2,1-2H3. The van der Waals surface area contributed by atoms with E-state index < -0.39 is 0 Å². The highest BCUT2D eigenvalue weighted by Crippen LogP contribution is 2.20. The number of hydrogen-bond donors (Lipinski definition) is 1. The average molecular weight is 235 g/mol. The van der Waals surface area contributed by atoms with E-state index in [1.807, 2.05) is 12.1 Å².